The Morgan fingerprint density at radius 1 is 0.750 bits per heavy atom. The zero-order valence-corrected chi connectivity index (χ0v) is 14.1. The molecule has 0 fully saturated rings. The third-order valence-corrected chi connectivity index (χ3v) is 8.01. The number of sulfonamides is 2. The van der Waals surface area contributed by atoms with Crippen molar-refractivity contribution in [3.63, 3.8) is 0 Å². The second-order valence-corrected chi connectivity index (χ2v) is 10.6. The Morgan fingerprint density at radius 2 is 1.10 bits per heavy atom. The van der Waals surface area contributed by atoms with Gasteiger partial charge in [-0.2, -0.15) is 0 Å². The van der Waals surface area contributed by atoms with Gasteiger partial charge in [0.1, 0.15) is 8.42 Å². The van der Waals surface area contributed by atoms with E-state index in [2.05, 4.69) is 0 Å². The number of halogens is 2. The topological polar surface area (TPSA) is 92.3 Å². The average molecular weight is 393 g/mol. The summed E-state index contributed by atoms with van der Waals surface area (Å²) in [4.78, 5) is 3.57. The molecule has 12 heteroatoms. The van der Waals surface area contributed by atoms with Gasteiger partial charge >= 0.3 is 0 Å². The van der Waals surface area contributed by atoms with Crippen LogP contribution in [0.3, 0.4) is 0 Å². The van der Waals surface area contributed by atoms with Gasteiger partial charge in [-0.25, -0.2) is 16.8 Å². The Balaban J connectivity index is 2.16. The summed E-state index contributed by atoms with van der Waals surface area (Å²) >= 11 is 12.9. The Hall–Kier alpha value is -0.200. The zero-order valence-electron chi connectivity index (χ0n) is 9.33. The number of hydrogen-bond donors (Lipinski definition) is 2. The van der Waals surface area contributed by atoms with Crippen molar-refractivity contribution in [1.82, 2.24) is 9.66 Å². The maximum atomic E-state index is 11.8. The van der Waals surface area contributed by atoms with Crippen LogP contribution in [0.4, 0.5) is 0 Å². The maximum Gasteiger partial charge on any atom is 0.263 e. The summed E-state index contributed by atoms with van der Waals surface area (Å²) in [5, 5.41) is 0. The lowest BCUT2D eigenvalue weighted by Gasteiger charge is -2.06. The van der Waals surface area contributed by atoms with Crippen LogP contribution in [0.5, 0.6) is 0 Å². The van der Waals surface area contributed by atoms with E-state index in [1.54, 1.807) is 9.66 Å². The molecule has 2 N–H and O–H groups in total. The van der Waals surface area contributed by atoms with Gasteiger partial charge in [0.2, 0.25) is 0 Å². The zero-order chi connectivity index (χ0) is 15.0. The SMILES string of the molecule is O=S(=O)(NNS(=O)(=O)c1ccc(Cl)s1)c1ccc(Cl)s1. The van der Waals surface area contributed by atoms with Gasteiger partial charge in [0.15, 0.2) is 0 Å². The molecule has 0 atom stereocenters. The predicted molar refractivity (Wildman–Crippen MR) is 79.3 cm³/mol. The first-order chi connectivity index (χ1) is 9.21. The maximum absolute atomic E-state index is 11.8. The molecule has 0 aliphatic heterocycles. The van der Waals surface area contributed by atoms with E-state index in [4.69, 9.17) is 23.2 Å². The van der Waals surface area contributed by atoms with Crippen molar-refractivity contribution in [2.45, 2.75) is 8.42 Å². The van der Waals surface area contributed by atoms with Crippen molar-refractivity contribution in [3.05, 3.63) is 32.9 Å². The standard InChI is InChI=1S/C8H6Cl2N2O4S4/c9-5-1-3-7(17-5)19(13,14)11-12-20(15,16)8-4-2-6(10)18-8/h1-4,11-12H. The third kappa shape index (κ3) is 3.71. The first-order valence-corrected chi connectivity index (χ1v) is 10.1. The highest BCUT2D eigenvalue weighted by Crippen LogP contribution is 2.26. The van der Waals surface area contributed by atoms with Crippen LogP contribution in [0.1, 0.15) is 0 Å². The van der Waals surface area contributed by atoms with E-state index in [1.807, 2.05) is 0 Å². The molecule has 0 aliphatic rings. The normalized spacial score (nSPS) is 12.7. The molecule has 0 saturated heterocycles. The molecule has 0 amide bonds. The van der Waals surface area contributed by atoms with Crippen LogP contribution in [-0.4, -0.2) is 16.8 Å². The lowest BCUT2D eigenvalue weighted by Crippen LogP contribution is -2.40. The number of hydrogen-bond acceptors (Lipinski definition) is 6. The molecule has 0 radical (unpaired) electrons. The minimum absolute atomic E-state index is 0.102. The average Bonchev–Trinajstić information content (AvgIpc) is 2.96. The van der Waals surface area contributed by atoms with Gasteiger partial charge in [-0.05, 0) is 24.3 Å². The van der Waals surface area contributed by atoms with Crippen LogP contribution in [0, 0.1) is 0 Å². The molecule has 0 aromatic carbocycles. The lowest BCUT2D eigenvalue weighted by molar-refractivity contribution is 0.560. The van der Waals surface area contributed by atoms with Gasteiger partial charge in [0.25, 0.3) is 20.0 Å². The molecule has 0 unspecified atom stereocenters. The second-order valence-electron chi connectivity index (χ2n) is 3.33. The fourth-order valence-corrected chi connectivity index (χ4v) is 6.16. The van der Waals surface area contributed by atoms with E-state index in [-0.39, 0.29) is 17.1 Å². The summed E-state index contributed by atoms with van der Waals surface area (Å²) in [6.07, 6.45) is 0. The Bertz CT molecular complexity index is 754. The highest BCUT2D eigenvalue weighted by Gasteiger charge is 2.22. The molecule has 2 heterocycles. The largest absolute Gasteiger partial charge is 0.263 e. The van der Waals surface area contributed by atoms with Crippen LogP contribution >= 0.6 is 45.9 Å². The Kier molecular flexibility index (Phi) is 4.76. The van der Waals surface area contributed by atoms with Crippen LogP contribution in [0.15, 0.2) is 32.7 Å². The monoisotopic (exact) mass is 392 g/mol. The molecule has 0 spiro atoms. The van der Waals surface area contributed by atoms with Gasteiger partial charge in [0, 0.05) is 0 Å². The quantitative estimate of drug-likeness (QED) is 0.763. The molecule has 2 aromatic heterocycles. The summed E-state index contributed by atoms with van der Waals surface area (Å²) < 4.78 is 47.6. The molecule has 110 valence electrons. The molecule has 0 saturated carbocycles. The van der Waals surface area contributed by atoms with Crippen LogP contribution in [0.25, 0.3) is 0 Å². The number of hydrazine groups is 1. The number of nitrogens with one attached hydrogen (secondary N) is 2. The molecule has 20 heavy (non-hydrogen) atoms. The molecule has 0 aliphatic carbocycles. The minimum Gasteiger partial charge on any atom is -0.205 e. The fraction of sp³-hybridized carbons (Fsp3) is 0. The molecular weight excluding hydrogens is 387 g/mol. The van der Waals surface area contributed by atoms with Gasteiger partial charge in [-0.1, -0.05) is 23.2 Å². The molecule has 2 aromatic rings. The van der Waals surface area contributed by atoms with Crippen LogP contribution < -0.4 is 9.66 Å². The molecule has 2 rings (SSSR count). The smallest absolute Gasteiger partial charge is 0.205 e. The van der Waals surface area contributed by atoms with E-state index in [0.717, 1.165) is 22.7 Å². The summed E-state index contributed by atoms with van der Waals surface area (Å²) in [6.45, 7) is 0. The van der Waals surface area contributed by atoms with E-state index < -0.39 is 20.0 Å². The van der Waals surface area contributed by atoms with Crippen molar-refractivity contribution >= 4 is 65.9 Å². The van der Waals surface area contributed by atoms with E-state index in [0.29, 0.717) is 0 Å². The highest BCUT2D eigenvalue weighted by molar-refractivity contribution is 7.94. The van der Waals surface area contributed by atoms with Crippen molar-refractivity contribution in [2.75, 3.05) is 0 Å². The Morgan fingerprint density at radius 3 is 1.35 bits per heavy atom. The summed E-state index contributed by atoms with van der Waals surface area (Å²) in [5.74, 6) is 0. The summed E-state index contributed by atoms with van der Waals surface area (Å²) in [6, 6.07) is 5.33. The van der Waals surface area contributed by atoms with Gasteiger partial charge in [0.05, 0.1) is 8.67 Å². The predicted octanol–water partition coefficient (Wildman–Crippen LogP) is 2.29. The minimum atomic E-state index is -4.01. The molecule has 6 nitrogen and oxygen atoms in total. The van der Waals surface area contributed by atoms with Crippen LogP contribution in [0.2, 0.25) is 8.67 Å². The van der Waals surface area contributed by atoms with Crippen molar-refractivity contribution in [2.24, 2.45) is 0 Å². The van der Waals surface area contributed by atoms with Crippen LogP contribution in [-0.2, 0) is 20.0 Å². The first-order valence-electron chi connectivity index (χ1n) is 4.75. The van der Waals surface area contributed by atoms with Gasteiger partial charge in [-0.15, -0.1) is 32.3 Å². The summed E-state index contributed by atoms with van der Waals surface area (Å²) in [7, 11) is -8.02. The highest BCUT2D eigenvalue weighted by atomic mass is 35.5. The van der Waals surface area contributed by atoms with Crippen molar-refractivity contribution < 1.29 is 16.8 Å². The second kappa shape index (κ2) is 5.89. The number of thiophene rings is 2. The molecular formula is C8H6Cl2N2O4S4. The fourth-order valence-electron chi connectivity index (χ4n) is 1.09. The third-order valence-electron chi connectivity index (χ3n) is 1.94. The van der Waals surface area contributed by atoms with E-state index in [1.165, 1.54) is 24.3 Å². The van der Waals surface area contributed by atoms with Crippen molar-refractivity contribution in [3.8, 4) is 0 Å². The number of rotatable bonds is 5. The van der Waals surface area contributed by atoms with Gasteiger partial charge in [-0.3, -0.25) is 0 Å². The first kappa shape index (κ1) is 16.2. The Labute approximate surface area is 133 Å². The summed E-state index contributed by atoms with van der Waals surface area (Å²) in [5.41, 5.74) is 0. The van der Waals surface area contributed by atoms with Crippen molar-refractivity contribution in [1.29, 1.82) is 0 Å². The lowest BCUT2D eigenvalue weighted by atomic mass is 10.7. The molecule has 0 bridgehead atoms. The van der Waals surface area contributed by atoms with E-state index >= 15 is 0 Å². The van der Waals surface area contributed by atoms with E-state index in [9.17, 15) is 16.8 Å². The van der Waals surface area contributed by atoms with Gasteiger partial charge < -0.3 is 0 Å².